The number of ether oxygens (including phenoxy) is 1. The Morgan fingerprint density at radius 2 is 2.15 bits per heavy atom. The molecule has 78 valence electrons. The molecule has 0 unspecified atom stereocenters. The zero-order valence-corrected chi connectivity index (χ0v) is 8.72. The summed E-state index contributed by atoms with van der Waals surface area (Å²) in [4.78, 5) is 11.1. The highest BCUT2D eigenvalue weighted by molar-refractivity contribution is 5.78. The summed E-state index contributed by atoms with van der Waals surface area (Å²) < 4.78 is 4.87. The predicted molar refractivity (Wildman–Crippen MR) is 52.6 cm³/mol. The van der Waals surface area contributed by atoms with Crippen molar-refractivity contribution in [3.8, 4) is 0 Å². The molecule has 1 amide bonds. The van der Waals surface area contributed by atoms with Crippen LogP contribution in [0.1, 0.15) is 20.3 Å². The lowest BCUT2D eigenvalue weighted by Gasteiger charge is -2.08. The molecule has 0 aliphatic carbocycles. The van der Waals surface area contributed by atoms with Crippen molar-refractivity contribution in [1.82, 2.24) is 10.6 Å². The molecule has 0 saturated carbocycles. The fraction of sp³-hybridized carbons (Fsp3) is 0.889. The van der Waals surface area contributed by atoms with Crippen LogP contribution in [0.4, 0.5) is 0 Å². The van der Waals surface area contributed by atoms with E-state index in [1.54, 1.807) is 7.11 Å². The zero-order chi connectivity index (χ0) is 10.1. The van der Waals surface area contributed by atoms with Gasteiger partial charge in [-0.2, -0.15) is 0 Å². The van der Waals surface area contributed by atoms with E-state index in [2.05, 4.69) is 10.6 Å². The van der Waals surface area contributed by atoms with Crippen molar-refractivity contribution in [2.45, 2.75) is 26.3 Å². The average molecular weight is 188 g/mol. The van der Waals surface area contributed by atoms with Crippen molar-refractivity contribution in [1.29, 1.82) is 0 Å². The maximum absolute atomic E-state index is 11.1. The van der Waals surface area contributed by atoms with Gasteiger partial charge in [-0.3, -0.25) is 4.79 Å². The summed E-state index contributed by atoms with van der Waals surface area (Å²) in [5, 5.41) is 5.83. The molecule has 0 aromatic carbocycles. The minimum absolute atomic E-state index is 0.0485. The molecule has 0 spiro atoms. The van der Waals surface area contributed by atoms with E-state index in [1.165, 1.54) is 0 Å². The Morgan fingerprint density at radius 3 is 2.69 bits per heavy atom. The standard InChI is InChI=1S/C9H20N2O2/c1-8(2)11-9(12)7-10-5-4-6-13-3/h8,10H,4-7H2,1-3H3,(H,11,12). The minimum atomic E-state index is 0.0485. The summed E-state index contributed by atoms with van der Waals surface area (Å²) >= 11 is 0. The van der Waals surface area contributed by atoms with E-state index >= 15 is 0 Å². The van der Waals surface area contributed by atoms with E-state index in [0.29, 0.717) is 6.54 Å². The number of nitrogens with one attached hydrogen (secondary N) is 2. The van der Waals surface area contributed by atoms with Crippen molar-refractivity contribution in [2.75, 3.05) is 26.8 Å². The molecule has 0 heterocycles. The molecular weight excluding hydrogens is 168 g/mol. The Hall–Kier alpha value is -0.610. The SMILES string of the molecule is COCCCNCC(=O)NC(C)C. The fourth-order valence-electron chi connectivity index (χ4n) is 0.916. The van der Waals surface area contributed by atoms with E-state index in [-0.39, 0.29) is 11.9 Å². The fourth-order valence-corrected chi connectivity index (χ4v) is 0.916. The quantitative estimate of drug-likeness (QED) is 0.559. The van der Waals surface area contributed by atoms with Crippen molar-refractivity contribution < 1.29 is 9.53 Å². The molecule has 0 aliphatic heterocycles. The Bertz CT molecular complexity index is 138. The van der Waals surface area contributed by atoms with Gasteiger partial charge in [-0.05, 0) is 26.8 Å². The Kier molecular flexibility index (Phi) is 7.63. The molecule has 0 aromatic heterocycles. The predicted octanol–water partition coefficient (Wildman–Crippen LogP) is 0.137. The molecule has 4 nitrogen and oxygen atoms in total. The van der Waals surface area contributed by atoms with Crippen LogP contribution in [0.15, 0.2) is 0 Å². The lowest BCUT2D eigenvalue weighted by Crippen LogP contribution is -2.38. The molecular formula is C9H20N2O2. The highest BCUT2D eigenvalue weighted by Gasteiger charge is 2.00. The number of carbonyl (C=O) groups is 1. The lowest BCUT2D eigenvalue weighted by atomic mass is 10.4. The van der Waals surface area contributed by atoms with Crippen LogP contribution in [0.25, 0.3) is 0 Å². The minimum Gasteiger partial charge on any atom is -0.385 e. The number of hydrogen-bond acceptors (Lipinski definition) is 3. The molecule has 4 heteroatoms. The molecule has 13 heavy (non-hydrogen) atoms. The lowest BCUT2D eigenvalue weighted by molar-refractivity contribution is -0.120. The van der Waals surface area contributed by atoms with Crippen LogP contribution in [0.5, 0.6) is 0 Å². The Morgan fingerprint density at radius 1 is 1.46 bits per heavy atom. The van der Waals surface area contributed by atoms with Gasteiger partial charge < -0.3 is 15.4 Å². The van der Waals surface area contributed by atoms with Crippen LogP contribution in [-0.4, -0.2) is 38.8 Å². The first-order chi connectivity index (χ1) is 6.16. The number of carbonyl (C=O) groups excluding carboxylic acids is 1. The van der Waals surface area contributed by atoms with E-state index in [4.69, 9.17) is 4.74 Å². The average Bonchev–Trinajstić information content (AvgIpc) is 2.02. The maximum atomic E-state index is 11.1. The van der Waals surface area contributed by atoms with Crippen LogP contribution in [0.3, 0.4) is 0 Å². The first-order valence-electron chi connectivity index (χ1n) is 4.66. The van der Waals surface area contributed by atoms with Crippen LogP contribution >= 0.6 is 0 Å². The zero-order valence-electron chi connectivity index (χ0n) is 8.72. The van der Waals surface area contributed by atoms with Crippen LogP contribution in [0.2, 0.25) is 0 Å². The van der Waals surface area contributed by atoms with E-state index in [9.17, 15) is 4.79 Å². The van der Waals surface area contributed by atoms with Gasteiger partial charge in [0, 0.05) is 19.8 Å². The number of amides is 1. The first-order valence-corrected chi connectivity index (χ1v) is 4.66. The van der Waals surface area contributed by atoms with Crippen LogP contribution in [-0.2, 0) is 9.53 Å². The molecule has 0 saturated heterocycles. The molecule has 0 fully saturated rings. The number of hydrogen-bond donors (Lipinski definition) is 2. The monoisotopic (exact) mass is 188 g/mol. The van der Waals surface area contributed by atoms with Crippen LogP contribution in [0, 0.1) is 0 Å². The molecule has 2 N–H and O–H groups in total. The van der Waals surface area contributed by atoms with E-state index in [1.807, 2.05) is 13.8 Å². The molecule has 0 rings (SSSR count). The molecule has 0 atom stereocenters. The summed E-state index contributed by atoms with van der Waals surface area (Å²) in [6.45, 7) is 5.84. The first kappa shape index (κ1) is 12.4. The van der Waals surface area contributed by atoms with Gasteiger partial charge in [-0.1, -0.05) is 0 Å². The summed E-state index contributed by atoms with van der Waals surface area (Å²) in [5.41, 5.74) is 0. The highest BCUT2D eigenvalue weighted by Crippen LogP contribution is 1.78. The number of methoxy groups -OCH3 is 1. The Balaban J connectivity index is 3.17. The van der Waals surface area contributed by atoms with Gasteiger partial charge >= 0.3 is 0 Å². The highest BCUT2D eigenvalue weighted by atomic mass is 16.5. The molecule has 0 aromatic rings. The summed E-state index contributed by atoms with van der Waals surface area (Å²) in [6, 6.07) is 0.216. The largest absolute Gasteiger partial charge is 0.385 e. The summed E-state index contributed by atoms with van der Waals surface area (Å²) in [5.74, 6) is 0.0485. The van der Waals surface area contributed by atoms with Gasteiger partial charge in [0.2, 0.25) is 5.91 Å². The molecule has 0 aliphatic rings. The smallest absolute Gasteiger partial charge is 0.234 e. The third-order valence-corrected chi connectivity index (χ3v) is 1.44. The molecule has 0 bridgehead atoms. The Labute approximate surface area is 80.0 Å². The van der Waals surface area contributed by atoms with Gasteiger partial charge in [0.25, 0.3) is 0 Å². The van der Waals surface area contributed by atoms with Crippen LogP contribution < -0.4 is 10.6 Å². The third-order valence-electron chi connectivity index (χ3n) is 1.44. The second kappa shape index (κ2) is 8.01. The second-order valence-corrected chi connectivity index (χ2v) is 3.25. The second-order valence-electron chi connectivity index (χ2n) is 3.25. The van der Waals surface area contributed by atoms with Crippen molar-refractivity contribution in [2.24, 2.45) is 0 Å². The molecule has 0 radical (unpaired) electrons. The summed E-state index contributed by atoms with van der Waals surface area (Å²) in [6.07, 6.45) is 0.936. The van der Waals surface area contributed by atoms with Crippen molar-refractivity contribution in [3.63, 3.8) is 0 Å². The van der Waals surface area contributed by atoms with E-state index < -0.39 is 0 Å². The maximum Gasteiger partial charge on any atom is 0.234 e. The summed E-state index contributed by atoms with van der Waals surface area (Å²) in [7, 11) is 1.67. The number of rotatable bonds is 7. The van der Waals surface area contributed by atoms with Gasteiger partial charge in [0.05, 0.1) is 6.54 Å². The normalized spacial score (nSPS) is 10.5. The van der Waals surface area contributed by atoms with Crippen molar-refractivity contribution in [3.05, 3.63) is 0 Å². The van der Waals surface area contributed by atoms with Crippen molar-refractivity contribution >= 4 is 5.91 Å². The third kappa shape index (κ3) is 9.30. The van der Waals surface area contributed by atoms with Gasteiger partial charge in [-0.15, -0.1) is 0 Å². The van der Waals surface area contributed by atoms with Gasteiger partial charge in [0.1, 0.15) is 0 Å². The topological polar surface area (TPSA) is 50.4 Å². The van der Waals surface area contributed by atoms with Gasteiger partial charge in [0.15, 0.2) is 0 Å². The van der Waals surface area contributed by atoms with Gasteiger partial charge in [-0.25, -0.2) is 0 Å². The van der Waals surface area contributed by atoms with E-state index in [0.717, 1.165) is 19.6 Å².